The highest BCUT2D eigenvalue weighted by Gasteiger charge is 2.25. The van der Waals surface area contributed by atoms with Gasteiger partial charge in [0, 0.05) is 42.2 Å². The average Bonchev–Trinajstić information content (AvgIpc) is 3.01. The number of hydrogen-bond donors (Lipinski definition) is 4. The Morgan fingerprint density at radius 3 is 2.04 bits per heavy atom. The van der Waals surface area contributed by atoms with Gasteiger partial charge in [-0.3, -0.25) is 19.7 Å². The van der Waals surface area contributed by atoms with Crippen molar-refractivity contribution < 1.29 is 28.4 Å². The predicted octanol–water partition coefficient (Wildman–Crippen LogP) is 5.49. The molecule has 0 radical (unpaired) electrons. The first-order chi connectivity index (χ1) is 22.7. The van der Waals surface area contributed by atoms with Gasteiger partial charge in [-0.05, 0) is 60.0 Å². The summed E-state index contributed by atoms with van der Waals surface area (Å²) in [5, 5.41) is 30.3. The summed E-state index contributed by atoms with van der Waals surface area (Å²) in [7, 11) is 0. The molecule has 2 atom stereocenters. The lowest BCUT2D eigenvalue weighted by atomic mass is 10.0. The third-order valence-corrected chi connectivity index (χ3v) is 7.49. The molecular formula is C35H47F2N5O5S. The molecule has 13 heteroatoms. The van der Waals surface area contributed by atoms with Crippen LogP contribution in [0.2, 0.25) is 0 Å². The molecular weight excluding hydrogens is 640 g/mol. The van der Waals surface area contributed by atoms with Crippen molar-refractivity contribution in [3.8, 4) is 0 Å². The minimum atomic E-state index is -1.00. The van der Waals surface area contributed by atoms with Crippen molar-refractivity contribution in [3.63, 3.8) is 0 Å². The Bertz CT molecular complexity index is 1410. The molecule has 0 spiro atoms. The zero-order valence-electron chi connectivity index (χ0n) is 28.1. The highest BCUT2D eigenvalue weighted by molar-refractivity contribution is 7.97. The third-order valence-electron chi connectivity index (χ3n) is 6.45. The van der Waals surface area contributed by atoms with E-state index in [4.69, 9.17) is 0 Å². The molecule has 0 aliphatic rings. The summed E-state index contributed by atoms with van der Waals surface area (Å²) in [5.74, 6) is -1.43. The van der Waals surface area contributed by atoms with Crippen LogP contribution in [0.25, 0.3) is 0 Å². The Kier molecular flexibility index (Phi) is 17.7. The van der Waals surface area contributed by atoms with Crippen molar-refractivity contribution in [1.82, 2.24) is 20.3 Å². The minimum absolute atomic E-state index is 0.0164. The Morgan fingerprint density at radius 2 is 1.48 bits per heavy atom. The van der Waals surface area contributed by atoms with E-state index in [1.165, 1.54) is 30.1 Å². The molecule has 3 aromatic carbocycles. The second-order valence-electron chi connectivity index (χ2n) is 12.3. The second-order valence-corrected chi connectivity index (χ2v) is 13.5. The number of non-ortho nitro benzene ring substituents is 1. The van der Waals surface area contributed by atoms with Gasteiger partial charge in [-0.2, -0.15) is 0 Å². The van der Waals surface area contributed by atoms with Gasteiger partial charge < -0.3 is 21.1 Å². The van der Waals surface area contributed by atoms with Crippen molar-refractivity contribution in [1.29, 1.82) is 0 Å². The first kappa shape index (κ1) is 40.3. The zero-order valence-corrected chi connectivity index (χ0v) is 28.9. The Labute approximate surface area is 286 Å². The lowest BCUT2D eigenvalue weighted by Gasteiger charge is -2.30. The summed E-state index contributed by atoms with van der Waals surface area (Å²) in [6, 6.07) is 18.3. The molecule has 0 heterocycles. The molecule has 262 valence electrons. The van der Waals surface area contributed by atoms with Crippen LogP contribution in [-0.4, -0.2) is 64.5 Å². The van der Waals surface area contributed by atoms with Crippen molar-refractivity contribution in [2.45, 2.75) is 64.6 Å². The van der Waals surface area contributed by atoms with Gasteiger partial charge in [-0.25, -0.2) is 13.1 Å². The molecule has 0 unspecified atom stereocenters. The molecule has 0 bridgehead atoms. The molecule has 0 saturated carbocycles. The van der Waals surface area contributed by atoms with Gasteiger partial charge in [0.05, 0.1) is 30.2 Å². The van der Waals surface area contributed by atoms with Crippen LogP contribution < -0.4 is 16.0 Å². The number of aliphatic hydroxyl groups excluding tert-OH is 1. The van der Waals surface area contributed by atoms with Gasteiger partial charge in [0.15, 0.2) is 0 Å². The van der Waals surface area contributed by atoms with Gasteiger partial charge in [0.25, 0.3) is 5.69 Å². The molecule has 0 aliphatic carbocycles. The summed E-state index contributed by atoms with van der Waals surface area (Å²) in [6.45, 7) is 10.5. The van der Waals surface area contributed by atoms with E-state index < -0.39 is 40.5 Å². The number of halogens is 2. The Balaban J connectivity index is 0.00000189. The number of amides is 2. The first-order valence-corrected chi connectivity index (χ1v) is 16.6. The third kappa shape index (κ3) is 15.8. The van der Waals surface area contributed by atoms with Crippen LogP contribution in [0.4, 0.5) is 14.5 Å². The first-order valence-electron chi connectivity index (χ1n) is 15.8. The number of nitro groups is 1. The van der Waals surface area contributed by atoms with Crippen molar-refractivity contribution >= 4 is 29.4 Å². The quantitative estimate of drug-likeness (QED) is 0.0831. The molecule has 0 aromatic heterocycles. The van der Waals surface area contributed by atoms with E-state index in [0.29, 0.717) is 13.0 Å². The number of benzene rings is 3. The Hall–Kier alpha value is -3.91. The number of hydrogen-bond acceptors (Lipinski definition) is 8. The van der Waals surface area contributed by atoms with Crippen LogP contribution in [0, 0.1) is 33.6 Å². The number of rotatable bonds is 17. The molecule has 10 nitrogen and oxygen atoms in total. The maximum atomic E-state index is 13.8. The SMILES string of the molecule is CC(C)C.CC(C)CN(C[C@@H](O)[C@H](Cc1ccccc1)NC(=O)CNC(=O)CNCc1c(F)cccc1F)Sc1ccc([N+](=O)[O-])cc1. The monoisotopic (exact) mass is 687 g/mol. The zero-order chi connectivity index (χ0) is 35.6. The largest absolute Gasteiger partial charge is 0.390 e. The molecule has 0 aliphatic heterocycles. The highest BCUT2D eigenvalue weighted by Crippen LogP contribution is 2.26. The van der Waals surface area contributed by atoms with E-state index >= 15 is 0 Å². The number of carbonyl (C=O) groups is 2. The standard InChI is InChI=1S/C31H37F2N5O5S.C4H10/c1-21(2)19-37(44-24-13-11-23(12-14-24)38(42)43)20-29(39)28(15-22-7-4-3-5-8-22)36-31(41)18-35-30(40)17-34-16-25-26(32)9-6-10-27(25)33;1-4(2)3/h3-14,21,28-29,34,39H,15-20H2,1-2H3,(H,35,40)(H,36,41);4H,1-3H3/t28-,29+;/m0./s1. The van der Waals surface area contributed by atoms with Crippen LogP contribution in [0.1, 0.15) is 45.7 Å². The fourth-order valence-corrected chi connectivity index (χ4v) is 5.48. The number of nitrogens with one attached hydrogen (secondary N) is 3. The molecule has 3 aromatic rings. The average molecular weight is 688 g/mol. The minimum Gasteiger partial charge on any atom is -0.390 e. The van der Waals surface area contributed by atoms with Crippen LogP contribution in [0.3, 0.4) is 0 Å². The molecule has 48 heavy (non-hydrogen) atoms. The van der Waals surface area contributed by atoms with Gasteiger partial charge in [-0.15, -0.1) is 0 Å². The summed E-state index contributed by atoms with van der Waals surface area (Å²) in [5.41, 5.74) is 0.690. The predicted molar refractivity (Wildman–Crippen MR) is 185 cm³/mol. The van der Waals surface area contributed by atoms with E-state index in [1.54, 1.807) is 12.1 Å². The summed E-state index contributed by atoms with van der Waals surface area (Å²) < 4.78 is 29.5. The topological polar surface area (TPSA) is 137 Å². The van der Waals surface area contributed by atoms with Gasteiger partial charge in [0.2, 0.25) is 11.8 Å². The van der Waals surface area contributed by atoms with Crippen LogP contribution >= 0.6 is 11.9 Å². The number of carbonyl (C=O) groups excluding carboxylic acids is 2. The highest BCUT2D eigenvalue weighted by atomic mass is 32.2. The van der Waals surface area contributed by atoms with Crippen molar-refractivity contribution in [2.24, 2.45) is 11.8 Å². The molecule has 3 rings (SSSR count). The lowest BCUT2D eigenvalue weighted by molar-refractivity contribution is -0.384. The fourth-order valence-electron chi connectivity index (χ4n) is 4.32. The van der Waals surface area contributed by atoms with Crippen LogP contribution in [0.5, 0.6) is 0 Å². The molecule has 0 fully saturated rings. The number of nitrogens with zero attached hydrogens (tertiary/aromatic N) is 2. The van der Waals surface area contributed by atoms with Crippen molar-refractivity contribution in [2.75, 3.05) is 26.2 Å². The van der Waals surface area contributed by atoms with Gasteiger partial charge in [-0.1, -0.05) is 71.0 Å². The summed E-state index contributed by atoms with van der Waals surface area (Å²) >= 11 is 1.36. The Morgan fingerprint density at radius 1 is 0.875 bits per heavy atom. The van der Waals surface area contributed by atoms with Crippen molar-refractivity contribution in [3.05, 3.63) is 106 Å². The maximum Gasteiger partial charge on any atom is 0.269 e. The summed E-state index contributed by atoms with van der Waals surface area (Å²) in [4.78, 5) is 36.4. The molecule has 0 saturated heterocycles. The normalized spacial score (nSPS) is 12.3. The molecule has 2 amide bonds. The van der Waals surface area contributed by atoms with E-state index in [9.17, 15) is 33.6 Å². The number of aliphatic hydroxyl groups is 1. The maximum absolute atomic E-state index is 13.8. The lowest BCUT2D eigenvalue weighted by Crippen LogP contribution is -2.51. The summed E-state index contributed by atoms with van der Waals surface area (Å²) in [6.07, 6.45) is -0.675. The van der Waals surface area contributed by atoms with Crippen LogP contribution in [-0.2, 0) is 22.6 Å². The van der Waals surface area contributed by atoms with Gasteiger partial charge >= 0.3 is 0 Å². The van der Waals surface area contributed by atoms with E-state index in [1.807, 2.05) is 48.5 Å². The molecule has 4 N–H and O–H groups in total. The van der Waals surface area contributed by atoms with E-state index in [0.717, 1.165) is 28.5 Å². The van der Waals surface area contributed by atoms with E-state index in [2.05, 4.69) is 36.7 Å². The second kappa shape index (κ2) is 21.1. The fraction of sp³-hybridized carbons (Fsp3) is 0.429. The smallest absolute Gasteiger partial charge is 0.269 e. The van der Waals surface area contributed by atoms with Gasteiger partial charge in [0.1, 0.15) is 11.6 Å². The number of nitro benzene ring substituents is 1. The van der Waals surface area contributed by atoms with E-state index in [-0.39, 0.29) is 43.3 Å². The van der Waals surface area contributed by atoms with Crippen LogP contribution in [0.15, 0.2) is 77.7 Å².